The van der Waals surface area contributed by atoms with Crippen molar-refractivity contribution in [1.29, 1.82) is 0 Å². The van der Waals surface area contributed by atoms with Gasteiger partial charge in [0, 0.05) is 12.4 Å². The predicted molar refractivity (Wildman–Crippen MR) is 59.1 cm³/mol. The molecular formula is C10H9BrN2O3. The average Bonchev–Trinajstić information content (AvgIpc) is 2.74. The fourth-order valence-corrected chi connectivity index (χ4v) is 1.72. The number of halogens is 1. The number of furan rings is 1. The second-order valence-electron chi connectivity index (χ2n) is 2.99. The van der Waals surface area contributed by atoms with Crippen molar-refractivity contribution in [3.63, 3.8) is 0 Å². The Morgan fingerprint density at radius 2 is 2.19 bits per heavy atom. The molecule has 0 aromatic carbocycles. The molecule has 2 aromatic rings. The third-order valence-corrected chi connectivity index (χ3v) is 2.69. The zero-order valence-electron chi connectivity index (χ0n) is 8.42. The molecule has 0 radical (unpaired) electrons. The summed E-state index contributed by atoms with van der Waals surface area (Å²) in [5, 5.41) is 10.1. The number of aromatic nitrogens is 2. The first-order valence-corrected chi connectivity index (χ1v) is 5.29. The topological polar surface area (TPSA) is 68.4 Å². The summed E-state index contributed by atoms with van der Waals surface area (Å²) in [7, 11) is 1.47. The van der Waals surface area contributed by atoms with Gasteiger partial charge in [-0.05, 0) is 22.0 Å². The summed E-state index contributed by atoms with van der Waals surface area (Å²) >= 11 is 3.27. The summed E-state index contributed by atoms with van der Waals surface area (Å²) in [6, 6.07) is 1.70. The first kappa shape index (κ1) is 11.1. The maximum absolute atomic E-state index is 10.1. The van der Waals surface area contributed by atoms with Crippen LogP contribution >= 0.6 is 15.9 Å². The van der Waals surface area contributed by atoms with Crippen LogP contribution in [-0.4, -0.2) is 22.2 Å². The minimum atomic E-state index is -1.01. The van der Waals surface area contributed by atoms with Gasteiger partial charge >= 0.3 is 0 Å². The van der Waals surface area contributed by atoms with E-state index >= 15 is 0 Å². The molecule has 0 bridgehead atoms. The Morgan fingerprint density at radius 3 is 2.81 bits per heavy atom. The number of hydrogen-bond donors (Lipinski definition) is 1. The van der Waals surface area contributed by atoms with E-state index < -0.39 is 6.10 Å². The van der Waals surface area contributed by atoms with Gasteiger partial charge in [-0.25, -0.2) is 4.98 Å². The van der Waals surface area contributed by atoms with Crippen molar-refractivity contribution in [3.05, 3.63) is 40.7 Å². The Bertz CT molecular complexity index is 486. The summed E-state index contributed by atoms with van der Waals surface area (Å²) in [5.41, 5.74) is 0.320. The molecule has 2 heterocycles. The smallest absolute Gasteiger partial charge is 0.238 e. The highest BCUT2D eigenvalue weighted by atomic mass is 79.9. The van der Waals surface area contributed by atoms with E-state index in [1.807, 2.05) is 0 Å². The zero-order chi connectivity index (χ0) is 11.5. The number of aliphatic hydroxyl groups is 1. The average molecular weight is 285 g/mol. The summed E-state index contributed by atoms with van der Waals surface area (Å²) < 4.78 is 10.8. The summed E-state index contributed by atoms with van der Waals surface area (Å²) in [5.74, 6) is 0.650. The van der Waals surface area contributed by atoms with Crippen molar-refractivity contribution in [2.45, 2.75) is 6.10 Å². The van der Waals surface area contributed by atoms with Crippen molar-refractivity contribution in [2.24, 2.45) is 0 Å². The molecule has 0 aliphatic rings. The van der Waals surface area contributed by atoms with Gasteiger partial charge < -0.3 is 14.3 Å². The van der Waals surface area contributed by atoms with Gasteiger partial charge in [0.1, 0.15) is 5.69 Å². The van der Waals surface area contributed by atoms with Crippen molar-refractivity contribution in [3.8, 4) is 5.88 Å². The van der Waals surface area contributed by atoms with Gasteiger partial charge in [0.25, 0.3) is 0 Å². The van der Waals surface area contributed by atoms with Crippen molar-refractivity contribution in [2.75, 3.05) is 7.11 Å². The number of hydrogen-bond acceptors (Lipinski definition) is 5. The molecule has 0 spiro atoms. The van der Waals surface area contributed by atoms with Crippen LogP contribution in [0.5, 0.6) is 5.88 Å². The summed E-state index contributed by atoms with van der Waals surface area (Å²) in [6.45, 7) is 0. The fourth-order valence-electron chi connectivity index (χ4n) is 1.31. The van der Waals surface area contributed by atoms with E-state index in [4.69, 9.17) is 9.15 Å². The maximum Gasteiger partial charge on any atom is 0.238 e. The van der Waals surface area contributed by atoms with Crippen LogP contribution in [0.1, 0.15) is 17.6 Å². The van der Waals surface area contributed by atoms with Crippen LogP contribution in [0, 0.1) is 0 Å². The van der Waals surface area contributed by atoms with Crippen LogP contribution in [-0.2, 0) is 0 Å². The molecule has 0 aliphatic heterocycles. The monoisotopic (exact) mass is 284 g/mol. The molecule has 2 rings (SSSR count). The predicted octanol–water partition coefficient (Wildman–Crippen LogP) is 1.92. The van der Waals surface area contributed by atoms with Crippen LogP contribution in [0.2, 0.25) is 0 Å². The molecule has 2 aromatic heterocycles. The normalized spacial score (nSPS) is 12.4. The van der Waals surface area contributed by atoms with Crippen LogP contribution in [0.25, 0.3) is 0 Å². The van der Waals surface area contributed by atoms with E-state index in [0.29, 0.717) is 15.9 Å². The second kappa shape index (κ2) is 4.63. The van der Waals surface area contributed by atoms with Gasteiger partial charge in [-0.3, -0.25) is 4.98 Å². The van der Waals surface area contributed by atoms with E-state index in [9.17, 15) is 5.11 Å². The molecule has 16 heavy (non-hydrogen) atoms. The largest absolute Gasteiger partial charge is 0.480 e. The highest BCUT2D eigenvalue weighted by Crippen LogP contribution is 2.31. The molecule has 0 amide bonds. The third-order valence-electron chi connectivity index (χ3n) is 2.04. The third kappa shape index (κ3) is 1.94. The molecule has 6 heteroatoms. The van der Waals surface area contributed by atoms with Gasteiger partial charge in [-0.2, -0.15) is 0 Å². The van der Waals surface area contributed by atoms with Gasteiger partial charge in [0.2, 0.25) is 5.88 Å². The Kier molecular flexibility index (Phi) is 3.21. The van der Waals surface area contributed by atoms with E-state index in [2.05, 4.69) is 25.9 Å². The Labute approximate surface area is 100 Å². The molecule has 84 valence electrons. The SMILES string of the molecule is COc1nccnc1C(O)c1occc1Br. The fraction of sp³-hybridized carbons (Fsp3) is 0.200. The number of rotatable bonds is 3. The lowest BCUT2D eigenvalue weighted by Gasteiger charge is -2.10. The van der Waals surface area contributed by atoms with Crippen LogP contribution in [0.3, 0.4) is 0 Å². The van der Waals surface area contributed by atoms with Crippen LogP contribution in [0.15, 0.2) is 33.6 Å². The zero-order valence-corrected chi connectivity index (χ0v) is 10.0. The molecule has 0 fully saturated rings. The number of methoxy groups -OCH3 is 1. The van der Waals surface area contributed by atoms with Crippen LogP contribution < -0.4 is 4.74 Å². The highest BCUT2D eigenvalue weighted by Gasteiger charge is 2.22. The van der Waals surface area contributed by atoms with Gasteiger partial charge in [-0.1, -0.05) is 0 Å². The number of aliphatic hydroxyl groups excluding tert-OH is 1. The second-order valence-corrected chi connectivity index (χ2v) is 3.84. The lowest BCUT2D eigenvalue weighted by molar-refractivity contribution is 0.178. The Morgan fingerprint density at radius 1 is 1.44 bits per heavy atom. The molecule has 5 nitrogen and oxygen atoms in total. The minimum Gasteiger partial charge on any atom is -0.480 e. The molecule has 0 aliphatic carbocycles. The quantitative estimate of drug-likeness (QED) is 0.933. The van der Waals surface area contributed by atoms with Crippen molar-refractivity contribution in [1.82, 2.24) is 9.97 Å². The molecule has 1 N–H and O–H groups in total. The van der Waals surface area contributed by atoms with Crippen molar-refractivity contribution < 1.29 is 14.3 Å². The van der Waals surface area contributed by atoms with E-state index in [0.717, 1.165) is 0 Å². The lowest BCUT2D eigenvalue weighted by Crippen LogP contribution is -2.05. The molecular weight excluding hydrogens is 276 g/mol. The molecule has 0 saturated carbocycles. The van der Waals surface area contributed by atoms with Gasteiger partial charge in [-0.15, -0.1) is 0 Å². The first-order valence-electron chi connectivity index (χ1n) is 4.50. The summed E-state index contributed by atoms with van der Waals surface area (Å²) in [6.07, 6.45) is 3.45. The molecule has 1 atom stereocenters. The maximum atomic E-state index is 10.1. The molecule has 1 unspecified atom stereocenters. The van der Waals surface area contributed by atoms with Gasteiger partial charge in [0.15, 0.2) is 11.9 Å². The Balaban J connectivity index is 2.41. The Hall–Kier alpha value is -1.40. The highest BCUT2D eigenvalue weighted by molar-refractivity contribution is 9.10. The van der Waals surface area contributed by atoms with Crippen LogP contribution in [0.4, 0.5) is 0 Å². The van der Waals surface area contributed by atoms with Gasteiger partial charge in [0.05, 0.1) is 17.8 Å². The lowest BCUT2D eigenvalue weighted by atomic mass is 10.2. The van der Waals surface area contributed by atoms with E-state index in [1.54, 1.807) is 6.07 Å². The number of ether oxygens (including phenoxy) is 1. The van der Waals surface area contributed by atoms with E-state index in [-0.39, 0.29) is 5.88 Å². The first-order chi connectivity index (χ1) is 7.74. The number of nitrogens with zero attached hydrogens (tertiary/aromatic N) is 2. The standard InChI is InChI=1S/C10H9BrN2O3/c1-15-10-7(12-3-4-13-10)8(14)9-6(11)2-5-16-9/h2-5,8,14H,1H3. The van der Waals surface area contributed by atoms with Crippen molar-refractivity contribution >= 4 is 15.9 Å². The minimum absolute atomic E-state index is 0.276. The summed E-state index contributed by atoms with van der Waals surface area (Å²) in [4.78, 5) is 7.98. The van der Waals surface area contributed by atoms with E-state index in [1.165, 1.54) is 25.8 Å². The molecule has 0 saturated heterocycles.